The summed E-state index contributed by atoms with van der Waals surface area (Å²) in [6, 6.07) is 6.54. The molecule has 2 heterocycles. The van der Waals surface area contributed by atoms with E-state index in [-0.39, 0.29) is 19.2 Å². The molecule has 2 aromatic rings. The Morgan fingerprint density at radius 1 is 1.38 bits per heavy atom. The second kappa shape index (κ2) is 7.96. The Balaban J connectivity index is 1.65. The Kier molecular flexibility index (Phi) is 5.47. The van der Waals surface area contributed by atoms with Crippen LogP contribution >= 0.6 is 0 Å². The fraction of sp³-hybridized carbons (Fsp3) is 0.353. The van der Waals surface area contributed by atoms with E-state index >= 15 is 0 Å². The lowest BCUT2D eigenvalue weighted by molar-refractivity contribution is -0.124. The molecule has 2 atom stereocenters. The van der Waals surface area contributed by atoms with Crippen LogP contribution < -0.4 is 21.3 Å². The third kappa shape index (κ3) is 4.57. The zero-order valence-electron chi connectivity index (χ0n) is 13.8. The molecule has 26 heavy (non-hydrogen) atoms. The van der Waals surface area contributed by atoms with Crippen LogP contribution in [-0.2, 0) is 16.1 Å². The number of nitrogens with zero attached hydrogens (tertiary/aromatic N) is 1. The molecule has 8 nitrogen and oxygen atoms in total. The van der Waals surface area contributed by atoms with E-state index in [0.29, 0.717) is 18.8 Å². The number of hydrogen-bond donors (Lipinski definition) is 2. The third-order valence-corrected chi connectivity index (χ3v) is 3.94. The molecule has 1 aliphatic heterocycles. The summed E-state index contributed by atoms with van der Waals surface area (Å²) in [5, 5.41) is 2.80. The Hall–Kier alpha value is -2.94. The molecule has 138 valence electrons. The van der Waals surface area contributed by atoms with Crippen LogP contribution in [0.2, 0.25) is 0 Å². The van der Waals surface area contributed by atoms with Crippen molar-refractivity contribution in [3.63, 3.8) is 0 Å². The maximum Gasteiger partial charge on any atom is 0.328 e. The van der Waals surface area contributed by atoms with Crippen LogP contribution in [0.3, 0.4) is 0 Å². The van der Waals surface area contributed by atoms with E-state index in [2.05, 4.69) is 10.3 Å². The van der Waals surface area contributed by atoms with Gasteiger partial charge in [0, 0.05) is 24.9 Å². The van der Waals surface area contributed by atoms with Gasteiger partial charge in [0.25, 0.3) is 5.56 Å². The number of H-pyrrole nitrogens is 1. The molecule has 1 amide bonds. The van der Waals surface area contributed by atoms with Gasteiger partial charge in [0.15, 0.2) is 0 Å². The number of ether oxygens (including phenoxy) is 2. The van der Waals surface area contributed by atoms with Gasteiger partial charge in [-0.1, -0.05) is 6.07 Å². The number of carbonyl (C=O) groups is 1. The van der Waals surface area contributed by atoms with Gasteiger partial charge in [0.1, 0.15) is 24.2 Å². The number of benzene rings is 1. The van der Waals surface area contributed by atoms with Crippen molar-refractivity contribution < 1.29 is 18.7 Å². The van der Waals surface area contributed by atoms with Gasteiger partial charge < -0.3 is 14.8 Å². The molecule has 2 N–H and O–H groups in total. The SMILES string of the molecule is O=C(Cn1ccc(=O)[nH]c1=O)N[C@@H]1CCOC[C@H]1Oc1cccc(F)c1. The maximum atomic E-state index is 13.3. The van der Waals surface area contributed by atoms with Gasteiger partial charge in [-0.25, -0.2) is 9.18 Å². The van der Waals surface area contributed by atoms with Crippen molar-refractivity contribution in [3.05, 3.63) is 63.2 Å². The van der Waals surface area contributed by atoms with E-state index in [1.54, 1.807) is 6.07 Å². The molecule has 0 bridgehead atoms. The molecule has 0 radical (unpaired) electrons. The van der Waals surface area contributed by atoms with E-state index in [4.69, 9.17) is 9.47 Å². The second-order valence-electron chi connectivity index (χ2n) is 5.89. The minimum atomic E-state index is -0.660. The van der Waals surface area contributed by atoms with Gasteiger partial charge in [-0.15, -0.1) is 0 Å². The van der Waals surface area contributed by atoms with Crippen LogP contribution in [-0.4, -0.2) is 40.8 Å². The molecule has 1 fully saturated rings. The van der Waals surface area contributed by atoms with Gasteiger partial charge in [-0.2, -0.15) is 0 Å². The van der Waals surface area contributed by atoms with Crippen molar-refractivity contribution >= 4 is 5.91 Å². The van der Waals surface area contributed by atoms with Crippen LogP contribution in [0.25, 0.3) is 0 Å². The Bertz CT molecular complexity index is 894. The lowest BCUT2D eigenvalue weighted by Gasteiger charge is -2.32. The average molecular weight is 363 g/mol. The number of amides is 1. The van der Waals surface area contributed by atoms with Gasteiger partial charge in [-0.05, 0) is 18.6 Å². The first-order chi connectivity index (χ1) is 12.5. The molecule has 0 saturated carbocycles. The minimum Gasteiger partial charge on any atom is -0.486 e. The predicted molar refractivity (Wildman–Crippen MR) is 89.5 cm³/mol. The first-order valence-electron chi connectivity index (χ1n) is 8.10. The second-order valence-corrected chi connectivity index (χ2v) is 5.89. The van der Waals surface area contributed by atoms with E-state index in [9.17, 15) is 18.8 Å². The molecule has 1 saturated heterocycles. The molecule has 3 rings (SSSR count). The molecule has 1 aromatic heterocycles. The van der Waals surface area contributed by atoms with E-state index in [0.717, 1.165) is 4.57 Å². The zero-order valence-corrected chi connectivity index (χ0v) is 13.8. The molecule has 0 unspecified atom stereocenters. The number of rotatable bonds is 5. The lowest BCUT2D eigenvalue weighted by atomic mass is 10.1. The van der Waals surface area contributed by atoms with Gasteiger partial charge in [0.2, 0.25) is 5.91 Å². The summed E-state index contributed by atoms with van der Waals surface area (Å²) in [7, 11) is 0. The van der Waals surface area contributed by atoms with Crippen molar-refractivity contribution in [1.82, 2.24) is 14.9 Å². The molecular formula is C17H18FN3O5. The highest BCUT2D eigenvalue weighted by Crippen LogP contribution is 2.18. The third-order valence-electron chi connectivity index (χ3n) is 3.94. The van der Waals surface area contributed by atoms with Crippen LogP contribution in [0.4, 0.5) is 4.39 Å². The smallest absolute Gasteiger partial charge is 0.328 e. The summed E-state index contributed by atoms with van der Waals surface area (Å²) in [6.45, 7) is 0.465. The topological polar surface area (TPSA) is 102 Å². The summed E-state index contributed by atoms with van der Waals surface area (Å²) in [5.41, 5.74) is -1.19. The Labute approximate surface area is 147 Å². The maximum absolute atomic E-state index is 13.3. The van der Waals surface area contributed by atoms with Gasteiger partial charge >= 0.3 is 5.69 Å². The summed E-state index contributed by atoms with van der Waals surface area (Å²) >= 11 is 0. The summed E-state index contributed by atoms with van der Waals surface area (Å²) < 4.78 is 25.5. The molecule has 0 aliphatic carbocycles. The van der Waals surface area contributed by atoms with Crippen molar-refractivity contribution in [2.45, 2.75) is 25.1 Å². The minimum absolute atomic E-state index is 0.236. The van der Waals surface area contributed by atoms with Crippen LogP contribution in [0.1, 0.15) is 6.42 Å². The van der Waals surface area contributed by atoms with Gasteiger partial charge in [-0.3, -0.25) is 19.1 Å². The first kappa shape index (κ1) is 17.9. The molecule has 9 heteroatoms. The van der Waals surface area contributed by atoms with Crippen molar-refractivity contribution in [1.29, 1.82) is 0 Å². The lowest BCUT2D eigenvalue weighted by Crippen LogP contribution is -2.52. The molecule has 0 spiro atoms. The summed E-state index contributed by atoms with van der Waals surface area (Å²) in [5.74, 6) is -0.479. The average Bonchev–Trinajstić information content (AvgIpc) is 2.59. The largest absolute Gasteiger partial charge is 0.486 e. The van der Waals surface area contributed by atoms with E-state index < -0.39 is 29.1 Å². The van der Waals surface area contributed by atoms with E-state index in [1.807, 2.05) is 0 Å². The van der Waals surface area contributed by atoms with Crippen molar-refractivity contribution in [2.75, 3.05) is 13.2 Å². The normalized spacial score (nSPS) is 19.7. The fourth-order valence-corrected chi connectivity index (χ4v) is 2.68. The summed E-state index contributed by atoms with van der Waals surface area (Å²) in [4.78, 5) is 37.0. The summed E-state index contributed by atoms with van der Waals surface area (Å²) in [6.07, 6.45) is 1.29. The van der Waals surface area contributed by atoms with E-state index in [1.165, 1.54) is 30.5 Å². The number of hydrogen-bond acceptors (Lipinski definition) is 5. The van der Waals surface area contributed by atoms with Crippen LogP contribution in [0, 0.1) is 5.82 Å². The standard InChI is InChI=1S/C17H18FN3O5/c18-11-2-1-3-12(8-11)26-14-10-25-7-5-13(14)19-16(23)9-21-6-4-15(22)20-17(21)24/h1-4,6,8,13-14H,5,7,9-10H2,(H,19,23)(H,20,22,24)/t13-,14-/m1/s1. The van der Waals surface area contributed by atoms with Crippen LogP contribution in [0.5, 0.6) is 5.75 Å². The fourth-order valence-electron chi connectivity index (χ4n) is 2.68. The van der Waals surface area contributed by atoms with Gasteiger partial charge in [0.05, 0.1) is 12.6 Å². The van der Waals surface area contributed by atoms with Crippen LogP contribution in [0.15, 0.2) is 46.1 Å². The van der Waals surface area contributed by atoms with Crippen molar-refractivity contribution in [2.24, 2.45) is 0 Å². The monoisotopic (exact) mass is 363 g/mol. The Morgan fingerprint density at radius 2 is 2.23 bits per heavy atom. The number of nitrogens with one attached hydrogen (secondary N) is 2. The molecule has 1 aliphatic rings. The highest BCUT2D eigenvalue weighted by Gasteiger charge is 2.29. The number of aromatic nitrogens is 2. The zero-order chi connectivity index (χ0) is 18.5. The molecular weight excluding hydrogens is 345 g/mol. The first-order valence-corrected chi connectivity index (χ1v) is 8.10. The highest BCUT2D eigenvalue weighted by atomic mass is 19.1. The quantitative estimate of drug-likeness (QED) is 0.780. The highest BCUT2D eigenvalue weighted by molar-refractivity contribution is 5.76. The number of aromatic amines is 1. The Morgan fingerprint density at radius 3 is 3.00 bits per heavy atom. The van der Waals surface area contributed by atoms with Crippen molar-refractivity contribution in [3.8, 4) is 5.75 Å². The predicted octanol–water partition coefficient (Wildman–Crippen LogP) is 0.0284. The number of carbonyl (C=O) groups excluding carboxylic acids is 1. The molecule has 1 aromatic carbocycles. The number of halogens is 1.